The van der Waals surface area contributed by atoms with Crippen LogP contribution in [-0.4, -0.2) is 47.9 Å². The lowest BCUT2D eigenvalue weighted by Crippen LogP contribution is -2.44. The maximum Gasteiger partial charge on any atom is 0.246 e. The van der Waals surface area contributed by atoms with Crippen molar-refractivity contribution in [3.63, 3.8) is 0 Å². The fraction of sp³-hybridized carbons (Fsp3) is 0.258. The number of nitrogens with zero attached hydrogens (tertiary/aromatic N) is 6. The van der Waals surface area contributed by atoms with Gasteiger partial charge in [-0.25, -0.2) is 24.3 Å². The van der Waals surface area contributed by atoms with E-state index in [-0.39, 0.29) is 23.6 Å². The summed E-state index contributed by atoms with van der Waals surface area (Å²) in [4.78, 5) is 32.2. The molecule has 0 unspecified atom stereocenters. The van der Waals surface area contributed by atoms with Crippen LogP contribution >= 0.6 is 0 Å². The van der Waals surface area contributed by atoms with Crippen LogP contribution in [0.25, 0.3) is 22.1 Å². The van der Waals surface area contributed by atoms with Crippen LogP contribution in [0.5, 0.6) is 11.5 Å². The van der Waals surface area contributed by atoms with Crippen molar-refractivity contribution in [3.05, 3.63) is 84.8 Å². The highest BCUT2D eigenvalue weighted by molar-refractivity contribution is 5.88. The lowest BCUT2D eigenvalue weighted by atomic mass is 9.90. The molecule has 0 bridgehead atoms. The van der Waals surface area contributed by atoms with Crippen molar-refractivity contribution in [2.75, 3.05) is 11.9 Å². The van der Waals surface area contributed by atoms with E-state index in [0.29, 0.717) is 40.5 Å². The minimum absolute atomic E-state index is 0.0632. The SMILES string of the molecule is C=CC(=O)N1C[C@H](c2ccc3ncnc(Nc4ccc(Oc5ccc6c(c5)ncn6C)c(C)c4F)c3n2)CC[C@H]1C. The number of amides is 1. The smallest absolute Gasteiger partial charge is 0.246 e. The average molecular weight is 552 g/mol. The molecule has 0 aliphatic carbocycles. The Bertz CT molecular complexity index is 1800. The first-order valence-corrected chi connectivity index (χ1v) is 13.5. The predicted molar refractivity (Wildman–Crippen MR) is 156 cm³/mol. The van der Waals surface area contributed by atoms with E-state index < -0.39 is 5.82 Å². The number of likely N-dealkylation sites (tertiary alicyclic amines) is 1. The Morgan fingerprint density at radius 2 is 1.98 bits per heavy atom. The largest absolute Gasteiger partial charge is 0.457 e. The minimum atomic E-state index is -0.454. The fourth-order valence-corrected chi connectivity index (χ4v) is 5.36. The van der Waals surface area contributed by atoms with Gasteiger partial charge in [0.05, 0.1) is 28.6 Å². The predicted octanol–water partition coefficient (Wildman–Crippen LogP) is 6.18. The lowest BCUT2D eigenvalue weighted by Gasteiger charge is -2.37. The Hall–Kier alpha value is -4.86. The number of aromatic nitrogens is 5. The first kappa shape index (κ1) is 26.4. The van der Waals surface area contributed by atoms with Gasteiger partial charge in [0.2, 0.25) is 5.91 Å². The van der Waals surface area contributed by atoms with Gasteiger partial charge >= 0.3 is 0 Å². The highest BCUT2D eigenvalue weighted by Crippen LogP contribution is 2.35. The minimum Gasteiger partial charge on any atom is -0.457 e. The topological polar surface area (TPSA) is 98.1 Å². The third kappa shape index (κ3) is 4.97. The quantitative estimate of drug-likeness (QED) is 0.252. The normalized spacial score (nSPS) is 17.1. The van der Waals surface area contributed by atoms with Crippen LogP contribution in [-0.2, 0) is 11.8 Å². The van der Waals surface area contributed by atoms with Gasteiger partial charge in [-0.3, -0.25) is 4.79 Å². The van der Waals surface area contributed by atoms with Crippen molar-refractivity contribution >= 4 is 39.5 Å². The molecular formula is C31H30FN7O2. The van der Waals surface area contributed by atoms with Gasteiger partial charge in [0.1, 0.15) is 23.3 Å². The number of anilines is 2. The molecule has 0 radical (unpaired) electrons. The molecule has 1 N–H and O–H groups in total. The van der Waals surface area contributed by atoms with Crippen molar-refractivity contribution in [1.29, 1.82) is 0 Å². The number of carbonyl (C=O) groups is 1. The Balaban J connectivity index is 1.26. The molecule has 1 aliphatic heterocycles. The van der Waals surface area contributed by atoms with E-state index >= 15 is 4.39 Å². The number of ether oxygens (including phenoxy) is 1. The molecule has 1 fully saturated rings. The third-order valence-corrected chi connectivity index (χ3v) is 7.78. The zero-order valence-corrected chi connectivity index (χ0v) is 23.1. The van der Waals surface area contributed by atoms with Gasteiger partial charge in [0.25, 0.3) is 0 Å². The molecule has 1 saturated heterocycles. The molecule has 2 atom stereocenters. The number of hydrogen-bond donors (Lipinski definition) is 1. The highest BCUT2D eigenvalue weighted by Gasteiger charge is 2.29. The standard InChI is InChI=1S/C31H30FN7O2/c1-5-28(40)39-15-20(7-6-18(39)2)22-9-10-24-30(36-22)31(34-16-33-24)37-23-11-13-27(19(3)29(23)32)41-21-8-12-26-25(14-21)35-17-38(26)4/h5,8-14,16-18,20H,1,6-7,15H2,2-4H3,(H,33,34,37)/t18-,20-/m1/s1. The average Bonchev–Trinajstić information content (AvgIpc) is 3.36. The number of piperidine rings is 1. The van der Waals surface area contributed by atoms with Crippen molar-refractivity contribution < 1.29 is 13.9 Å². The van der Waals surface area contributed by atoms with Crippen molar-refractivity contribution in [2.45, 2.75) is 38.6 Å². The van der Waals surface area contributed by atoms with E-state index in [0.717, 1.165) is 29.6 Å². The monoisotopic (exact) mass is 551 g/mol. The number of imidazole rings is 1. The molecule has 0 saturated carbocycles. The van der Waals surface area contributed by atoms with Gasteiger partial charge in [0, 0.05) is 42.9 Å². The molecule has 5 aromatic rings. The van der Waals surface area contributed by atoms with Gasteiger partial charge in [0.15, 0.2) is 11.6 Å². The Kier molecular flexibility index (Phi) is 6.82. The number of nitrogens with one attached hydrogen (secondary N) is 1. The van der Waals surface area contributed by atoms with Crippen molar-refractivity contribution in [3.8, 4) is 11.5 Å². The zero-order valence-electron chi connectivity index (χ0n) is 23.1. The summed E-state index contributed by atoms with van der Waals surface area (Å²) in [7, 11) is 1.93. The zero-order chi connectivity index (χ0) is 28.7. The van der Waals surface area contributed by atoms with E-state index in [2.05, 4.69) is 26.8 Å². The van der Waals surface area contributed by atoms with Gasteiger partial charge in [-0.2, -0.15) is 0 Å². The maximum atomic E-state index is 15.6. The summed E-state index contributed by atoms with van der Waals surface area (Å²) in [6.45, 7) is 7.92. The lowest BCUT2D eigenvalue weighted by molar-refractivity contribution is -0.129. The summed E-state index contributed by atoms with van der Waals surface area (Å²) in [6, 6.07) is 12.9. The molecule has 208 valence electrons. The highest BCUT2D eigenvalue weighted by atomic mass is 19.1. The Morgan fingerprint density at radius 3 is 2.80 bits per heavy atom. The summed E-state index contributed by atoms with van der Waals surface area (Å²) in [5.74, 6) is 0.902. The molecule has 41 heavy (non-hydrogen) atoms. The second kappa shape index (κ2) is 10.6. The number of halogens is 1. The number of carbonyl (C=O) groups excluding carboxylic acids is 1. The van der Waals surface area contributed by atoms with Crippen molar-refractivity contribution in [1.82, 2.24) is 29.4 Å². The molecule has 4 heterocycles. The summed E-state index contributed by atoms with van der Waals surface area (Å²) in [5, 5.41) is 3.11. The van der Waals surface area contributed by atoms with Gasteiger partial charge in [-0.1, -0.05) is 6.58 Å². The number of pyridine rings is 1. The summed E-state index contributed by atoms with van der Waals surface area (Å²) in [5.41, 5.74) is 4.39. The fourth-order valence-electron chi connectivity index (χ4n) is 5.36. The van der Waals surface area contributed by atoms with Crippen LogP contribution in [0, 0.1) is 12.7 Å². The molecular weight excluding hydrogens is 521 g/mol. The second-order valence-electron chi connectivity index (χ2n) is 10.4. The molecule has 3 aromatic heterocycles. The summed E-state index contributed by atoms with van der Waals surface area (Å²) >= 11 is 0. The molecule has 6 rings (SSSR count). The van der Waals surface area contributed by atoms with E-state index in [9.17, 15) is 4.79 Å². The van der Waals surface area contributed by atoms with E-state index in [1.165, 1.54) is 12.4 Å². The molecule has 2 aromatic carbocycles. The van der Waals surface area contributed by atoms with Gasteiger partial charge in [-0.05, 0) is 69.2 Å². The molecule has 0 spiro atoms. The van der Waals surface area contributed by atoms with E-state index in [4.69, 9.17) is 9.72 Å². The number of rotatable bonds is 6. The van der Waals surface area contributed by atoms with Crippen LogP contribution in [0.1, 0.15) is 36.9 Å². The number of fused-ring (bicyclic) bond motifs is 2. The Morgan fingerprint density at radius 1 is 1.12 bits per heavy atom. The van der Waals surface area contributed by atoms with Crippen LogP contribution in [0.3, 0.4) is 0 Å². The van der Waals surface area contributed by atoms with Crippen LogP contribution in [0.4, 0.5) is 15.9 Å². The first-order valence-electron chi connectivity index (χ1n) is 13.5. The molecule has 10 heteroatoms. The second-order valence-corrected chi connectivity index (χ2v) is 10.4. The number of aryl methyl sites for hydroxylation is 1. The number of hydrogen-bond acceptors (Lipinski definition) is 7. The van der Waals surface area contributed by atoms with Crippen LogP contribution < -0.4 is 10.1 Å². The van der Waals surface area contributed by atoms with Gasteiger partial charge in [-0.15, -0.1) is 0 Å². The molecule has 9 nitrogen and oxygen atoms in total. The molecule has 1 amide bonds. The third-order valence-electron chi connectivity index (χ3n) is 7.78. The van der Waals surface area contributed by atoms with Crippen molar-refractivity contribution in [2.24, 2.45) is 7.05 Å². The maximum absolute atomic E-state index is 15.6. The Labute approximate surface area is 236 Å². The van der Waals surface area contributed by atoms with Gasteiger partial charge < -0.3 is 19.5 Å². The summed E-state index contributed by atoms with van der Waals surface area (Å²) in [6.07, 6.45) is 6.29. The van der Waals surface area contributed by atoms with Crippen LogP contribution in [0.2, 0.25) is 0 Å². The first-order chi connectivity index (χ1) is 19.8. The van der Waals surface area contributed by atoms with E-state index in [1.807, 2.05) is 53.8 Å². The molecule has 1 aliphatic rings. The summed E-state index contributed by atoms with van der Waals surface area (Å²) < 4.78 is 23.5. The van der Waals surface area contributed by atoms with Crippen LogP contribution in [0.15, 0.2) is 67.8 Å². The number of benzene rings is 2. The van der Waals surface area contributed by atoms with E-state index in [1.54, 1.807) is 25.4 Å².